The van der Waals surface area contributed by atoms with E-state index in [9.17, 15) is 4.79 Å². The third kappa shape index (κ3) is 3.54. The average molecular weight is 268 g/mol. The van der Waals surface area contributed by atoms with Gasteiger partial charge < -0.3 is 4.90 Å². The number of hydrogen-bond donors (Lipinski definition) is 1. The van der Waals surface area contributed by atoms with Crippen molar-refractivity contribution in [3.63, 3.8) is 0 Å². The maximum absolute atomic E-state index is 12.0. The van der Waals surface area contributed by atoms with Crippen molar-refractivity contribution in [3.8, 4) is 0 Å². The van der Waals surface area contributed by atoms with Crippen LogP contribution in [0.4, 0.5) is 0 Å². The predicted octanol–water partition coefficient (Wildman–Crippen LogP) is 1.95. The number of nitrogens with zero attached hydrogens (tertiary/aromatic N) is 1. The quantitative estimate of drug-likeness (QED) is 0.852. The zero-order valence-corrected chi connectivity index (χ0v) is 12.0. The van der Waals surface area contributed by atoms with Gasteiger partial charge in [-0.15, -0.1) is 11.3 Å². The van der Waals surface area contributed by atoms with Gasteiger partial charge in [0.1, 0.15) is 6.54 Å². The summed E-state index contributed by atoms with van der Waals surface area (Å²) >= 11 is 1.78. The van der Waals surface area contributed by atoms with E-state index >= 15 is 0 Å². The molecule has 0 saturated carbocycles. The fourth-order valence-corrected chi connectivity index (χ4v) is 2.78. The van der Waals surface area contributed by atoms with Crippen molar-refractivity contribution in [1.82, 2.24) is 10.4 Å². The second-order valence-electron chi connectivity index (χ2n) is 5.47. The van der Waals surface area contributed by atoms with Crippen LogP contribution >= 0.6 is 11.3 Å². The van der Waals surface area contributed by atoms with Crippen molar-refractivity contribution in [2.45, 2.75) is 39.3 Å². The highest BCUT2D eigenvalue weighted by atomic mass is 32.1. The smallest absolute Gasteiger partial charge is 0.239 e. The number of hydrogen-bond acceptors (Lipinski definition) is 4. The van der Waals surface area contributed by atoms with E-state index in [0.717, 1.165) is 19.5 Å². The topological polar surface area (TPSA) is 41.6 Å². The highest BCUT2D eigenvalue weighted by molar-refractivity contribution is 7.10. The van der Waals surface area contributed by atoms with Crippen LogP contribution < -0.4 is 5.48 Å². The summed E-state index contributed by atoms with van der Waals surface area (Å²) in [5.41, 5.74) is 3.76. The van der Waals surface area contributed by atoms with Crippen molar-refractivity contribution < 1.29 is 9.63 Å². The molecule has 0 bridgehead atoms. The van der Waals surface area contributed by atoms with Gasteiger partial charge in [0, 0.05) is 18.0 Å². The van der Waals surface area contributed by atoms with Gasteiger partial charge in [-0.25, -0.2) is 0 Å². The SMILES string of the molecule is CC(C)(C)ONCC(=O)N1CCc2sccc2C1. The fraction of sp³-hybridized carbons (Fsp3) is 0.615. The van der Waals surface area contributed by atoms with Crippen molar-refractivity contribution in [1.29, 1.82) is 0 Å². The molecule has 4 nitrogen and oxygen atoms in total. The van der Waals surface area contributed by atoms with Gasteiger partial charge in [0.2, 0.25) is 5.91 Å². The number of fused-ring (bicyclic) bond motifs is 1. The minimum atomic E-state index is -0.275. The van der Waals surface area contributed by atoms with E-state index in [4.69, 9.17) is 4.84 Å². The maximum Gasteiger partial charge on any atom is 0.239 e. The Balaban J connectivity index is 1.81. The number of hydroxylamine groups is 1. The van der Waals surface area contributed by atoms with Crippen LogP contribution in [0.1, 0.15) is 31.2 Å². The molecule has 0 fully saturated rings. The molecule has 0 saturated heterocycles. The largest absolute Gasteiger partial charge is 0.337 e. The van der Waals surface area contributed by atoms with Gasteiger partial charge in [-0.3, -0.25) is 9.63 Å². The lowest BCUT2D eigenvalue weighted by Gasteiger charge is -2.28. The highest BCUT2D eigenvalue weighted by Gasteiger charge is 2.21. The molecule has 0 spiro atoms. The number of carbonyl (C=O) groups is 1. The number of rotatable bonds is 3. The molecule has 100 valence electrons. The molecule has 1 aromatic rings. The van der Waals surface area contributed by atoms with E-state index in [2.05, 4.69) is 16.9 Å². The first-order valence-corrected chi connectivity index (χ1v) is 7.07. The van der Waals surface area contributed by atoms with Gasteiger partial charge in [0.05, 0.1) is 5.60 Å². The van der Waals surface area contributed by atoms with Crippen LogP contribution in [0.5, 0.6) is 0 Å². The normalized spacial score (nSPS) is 15.6. The Labute approximate surface area is 112 Å². The summed E-state index contributed by atoms with van der Waals surface area (Å²) in [6, 6.07) is 2.11. The number of nitrogens with one attached hydrogen (secondary N) is 1. The Morgan fingerprint density at radius 1 is 1.56 bits per heavy atom. The molecular weight excluding hydrogens is 248 g/mol. The Morgan fingerprint density at radius 3 is 3.06 bits per heavy atom. The van der Waals surface area contributed by atoms with E-state index in [1.54, 1.807) is 11.3 Å². The second-order valence-corrected chi connectivity index (χ2v) is 6.47. The standard InChI is InChI=1S/C13H20N2O2S/c1-13(2,3)17-14-8-12(16)15-6-4-11-10(9-15)5-7-18-11/h5,7,14H,4,6,8-9H2,1-3H3. The van der Waals surface area contributed by atoms with Crippen LogP contribution in [0.2, 0.25) is 0 Å². The summed E-state index contributed by atoms with van der Waals surface area (Å²) in [4.78, 5) is 20.7. The Morgan fingerprint density at radius 2 is 2.33 bits per heavy atom. The van der Waals surface area contributed by atoms with Crippen molar-refractivity contribution >= 4 is 17.2 Å². The van der Waals surface area contributed by atoms with Crippen LogP contribution in [-0.2, 0) is 22.6 Å². The Kier molecular flexibility index (Phi) is 4.04. The molecular formula is C13H20N2O2S. The molecule has 1 aliphatic heterocycles. The third-order valence-corrected chi connectivity index (χ3v) is 3.79. The molecule has 1 amide bonds. The van der Waals surface area contributed by atoms with Crippen LogP contribution in [0, 0.1) is 0 Å². The van der Waals surface area contributed by atoms with Crippen molar-refractivity contribution in [2.75, 3.05) is 13.1 Å². The monoisotopic (exact) mass is 268 g/mol. The molecule has 0 aromatic carbocycles. The minimum Gasteiger partial charge on any atom is -0.337 e. The fourth-order valence-electron chi connectivity index (χ4n) is 1.89. The summed E-state index contributed by atoms with van der Waals surface area (Å²) in [6.07, 6.45) is 0.971. The number of thiophene rings is 1. The summed E-state index contributed by atoms with van der Waals surface area (Å²) in [5, 5.41) is 2.10. The third-order valence-electron chi connectivity index (χ3n) is 2.76. The molecule has 0 aliphatic carbocycles. The molecule has 2 rings (SSSR count). The molecule has 0 radical (unpaired) electrons. The van der Waals surface area contributed by atoms with E-state index in [1.165, 1.54) is 10.4 Å². The van der Waals surface area contributed by atoms with Crippen LogP contribution in [0.15, 0.2) is 11.4 Å². The van der Waals surface area contributed by atoms with E-state index in [-0.39, 0.29) is 18.1 Å². The molecule has 1 N–H and O–H groups in total. The van der Waals surface area contributed by atoms with Crippen molar-refractivity contribution in [2.24, 2.45) is 0 Å². The first-order valence-electron chi connectivity index (χ1n) is 6.19. The summed E-state index contributed by atoms with van der Waals surface area (Å²) in [6.45, 7) is 7.62. The van der Waals surface area contributed by atoms with E-state index in [1.807, 2.05) is 25.7 Å². The zero-order valence-electron chi connectivity index (χ0n) is 11.2. The Bertz CT molecular complexity index is 423. The predicted molar refractivity (Wildman–Crippen MR) is 72.3 cm³/mol. The summed E-state index contributed by atoms with van der Waals surface area (Å²) in [7, 11) is 0. The van der Waals surface area contributed by atoms with E-state index < -0.39 is 0 Å². The van der Waals surface area contributed by atoms with Crippen LogP contribution in [0.3, 0.4) is 0 Å². The zero-order chi connectivity index (χ0) is 13.2. The lowest BCUT2D eigenvalue weighted by Crippen LogP contribution is -2.42. The molecule has 0 atom stereocenters. The number of carbonyl (C=O) groups excluding carboxylic acids is 1. The van der Waals surface area contributed by atoms with Gasteiger partial charge in [-0.2, -0.15) is 5.48 Å². The van der Waals surface area contributed by atoms with Gasteiger partial charge in [-0.1, -0.05) is 0 Å². The molecule has 0 unspecified atom stereocenters. The maximum atomic E-state index is 12.0. The minimum absolute atomic E-state index is 0.0936. The second kappa shape index (κ2) is 5.38. The molecule has 1 aliphatic rings. The number of amides is 1. The Hall–Kier alpha value is -0.910. The van der Waals surface area contributed by atoms with Gasteiger partial charge in [0.15, 0.2) is 0 Å². The van der Waals surface area contributed by atoms with Gasteiger partial charge in [0.25, 0.3) is 0 Å². The lowest BCUT2D eigenvalue weighted by atomic mass is 10.1. The van der Waals surface area contributed by atoms with E-state index in [0.29, 0.717) is 0 Å². The van der Waals surface area contributed by atoms with Gasteiger partial charge >= 0.3 is 0 Å². The summed E-state index contributed by atoms with van der Waals surface area (Å²) in [5.74, 6) is 0.0936. The van der Waals surface area contributed by atoms with Crippen molar-refractivity contribution in [3.05, 3.63) is 21.9 Å². The van der Waals surface area contributed by atoms with Crippen LogP contribution in [-0.4, -0.2) is 29.5 Å². The summed E-state index contributed by atoms with van der Waals surface area (Å²) < 4.78 is 0. The molecule has 2 heterocycles. The molecule has 1 aromatic heterocycles. The first kappa shape index (κ1) is 13.5. The lowest BCUT2D eigenvalue weighted by molar-refractivity contribution is -0.137. The van der Waals surface area contributed by atoms with Gasteiger partial charge in [-0.05, 0) is 44.2 Å². The highest BCUT2D eigenvalue weighted by Crippen LogP contribution is 2.23. The molecule has 18 heavy (non-hydrogen) atoms. The van der Waals surface area contributed by atoms with Crippen LogP contribution in [0.25, 0.3) is 0 Å². The average Bonchev–Trinajstić information content (AvgIpc) is 2.73. The first-order chi connectivity index (χ1) is 8.46. The molecule has 5 heteroatoms.